The van der Waals surface area contributed by atoms with Crippen molar-refractivity contribution in [3.05, 3.63) is 60.7 Å². The lowest BCUT2D eigenvalue weighted by molar-refractivity contribution is -0.120. The minimum absolute atomic E-state index is 0.0327. The molecule has 2 N–H and O–H groups in total. The number of nitrogens with zero attached hydrogens (tertiary/aromatic N) is 2. The lowest BCUT2D eigenvalue weighted by atomic mass is 10.1. The molecule has 1 amide bonds. The maximum atomic E-state index is 11.9. The van der Waals surface area contributed by atoms with Gasteiger partial charge in [-0.1, -0.05) is 36.4 Å². The number of anilines is 2. The molecular formula is C18H20N4O. The van der Waals surface area contributed by atoms with Crippen LogP contribution in [0.5, 0.6) is 0 Å². The Hall–Kier alpha value is -2.82. The fourth-order valence-electron chi connectivity index (χ4n) is 2.45. The normalized spacial score (nSPS) is 13.6. The van der Waals surface area contributed by atoms with E-state index < -0.39 is 0 Å². The maximum absolute atomic E-state index is 11.9. The second-order valence-electron chi connectivity index (χ2n) is 5.41. The summed E-state index contributed by atoms with van der Waals surface area (Å²) in [5.74, 6) is -0.0327. The molecule has 0 saturated carbocycles. The standard InChI is InChI=1S/C18H20N4O/c23-18(20-19-15-7-3-1-4-8-15)12-11-16-13-14-22(21-16)17-9-5-2-6-10-17/h1-10,19H,11-14H2,(H,20,23). The number of hydrazone groups is 1. The number of hydrogen-bond donors (Lipinski definition) is 2. The van der Waals surface area contributed by atoms with Crippen molar-refractivity contribution in [2.75, 3.05) is 17.0 Å². The van der Waals surface area contributed by atoms with Gasteiger partial charge in [0.1, 0.15) is 0 Å². The molecule has 0 aromatic heterocycles. The summed E-state index contributed by atoms with van der Waals surface area (Å²) >= 11 is 0. The number of nitrogens with one attached hydrogen (secondary N) is 2. The molecule has 5 nitrogen and oxygen atoms in total. The van der Waals surface area contributed by atoms with Crippen LogP contribution < -0.4 is 15.9 Å². The summed E-state index contributed by atoms with van der Waals surface area (Å²) in [4.78, 5) is 11.9. The molecule has 2 aromatic carbocycles. The van der Waals surface area contributed by atoms with Gasteiger partial charge < -0.3 is 0 Å². The maximum Gasteiger partial charge on any atom is 0.238 e. The second-order valence-corrected chi connectivity index (χ2v) is 5.41. The highest BCUT2D eigenvalue weighted by Gasteiger charge is 2.16. The molecule has 0 bridgehead atoms. The Morgan fingerprint density at radius 1 is 1.04 bits per heavy atom. The smallest absolute Gasteiger partial charge is 0.238 e. The van der Waals surface area contributed by atoms with Gasteiger partial charge in [-0.25, -0.2) is 0 Å². The van der Waals surface area contributed by atoms with Crippen molar-refractivity contribution >= 4 is 23.0 Å². The van der Waals surface area contributed by atoms with Crippen molar-refractivity contribution in [1.29, 1.82) is 0 Å². The SMILES string of the molecule is O=C(CCC1=NN(c2ccccc2)CC1)NNc1ccccc1. The van der Waals surface area contributed by atoms with E-state index in [4.69, 9.17) is 0 Å². The van der Waals surface area contributed by atoms with Crippen molar-refractivity contribution < 1.29 is 4.79 Å². The Labute approximate surface area is 136 Å². The molecule has 0 radical (unpaired) electrons. The molecule has 0 atom stereocenters. The van der Waals surface area contributed by atoms with Crippen LogP contribution in [0, 0.1) is 0 Å². The minimum Gasteiger partial charge on any atom is -0.299 e. The summed E-state index contributed by atoms with van der Waals surface area (Å²) in [5.41, 5.74) is 8.65. The van der Waals surface area contributed by atoms with E-state index in [2.05, 4.69) is 16.0 Å². The van der Waals surface area contributed by atoms with E-state index in [0.717, 1.165) is 30.1 Å². The quantitative estimate of drug-likeness (QED) is 0.806. The van der Waals surface area contributed by atoms with Crippen LogP contribution in [0.3, 0.4) is 0 Å². The molecule has 1 heterocycles. The van der Waals surface area contributed by atoms with Crippen molar-refractivity contribution in [2.24, 2.45) is 5.10 Å². The molecular weight excluding hydrogens is 288 g/mol. The van der Waals surface area contributed by atoms with E-state index in [-0.39, 0.29) is 5.91 Å². The van der Waals surface area contributed by atoms with Crippen LogP contribution in [0.25, 0.3) is 0 Å². The highest BCUT2D eigenvalue weighted by atomic mass is 16.2. The van der Waals surface area contributed by atoms with Crippen LogP contribution in [0.4, 0.5) is 11.4 Å². The molecule has 0 aliphatic carbocycles. The van der Waals surface area contributed by atoms with Gasteiger partial charge in [0.05, 0.1) is 11.4 Å². The number of carbonyl (C=O) groups excluding carboxylic acids is 1. The molecule has 0 fully saturated rings. The Morgan fingerprint density at radius 3 is 2.48 bits per heavy atom. The van der Waals surface area contributed by atoms with Crippen molar-refractivity contribution in [3.8, 4) is 0 Å². The molecule has 0 spiro atoms. The van der Waals surface area contributed by atoms with E-state index in [1.54, 1.807) is 0 Å². The number of amides is 1. The van der Waals surface area contributed by atoms with Gasteiger partial charge in [0.25, 0.3) is 0 Å². The molecule has 23 heavy (non-hydrogen) atoms. The first-order valence-corrected chi connectivity index (χ1v) is 7.80. The monoisotopic (exact) mass is 308 g/mol. The first-order chi connectivity index (χ1) is 11.3. The van der Waals surface area contributed by atoms with Crippen LogP contribution in [0.2, 0.25) is 0 Å². The Bertz CT molecular complexity index is 670. The number of rotatable bonds is 6. The fraction of sp³-hybridized carbons (Fsp3) is 0.222. The van der Waals surface area contributed by atoms with Crippen molar-refractivity contribution in [2.45, 2.75) is 19.3 Å². The Balaban J connectivity index is 1.44. The fourth-order valence-corrected chi connectivity index (χ4v) is 2.45. The van der Waals surface area contributed by atoms with Gasteiger partial charge in [0.2, 0.25) is 5.91 Å². The molecule has 5 heteroatoms. The molecule has 1 aliphatic heterocycles. The average molecular weight is 308 g/mol. The zero-order valence-electron chi connectivity index (χ0n) is 12.9. The highest BCUT2D eigenvalue weighted by Crippen LogP contribution is 2.19. The Morgan fingerprint density at radius 2 is 1.74 bits per heavy atom. The van der Waals surface area contributed by atoms with Crippen molar-refractivity contribution in [3.63, 3.8) is 0 Å². The number of para-hydroxylation sites is 2. The number of benzene rings is 2. The largest absolute Gasteiger partial charge is 0.299 e. The summed E-state index contributed by atoms with van der Waals surface area (Å²) in [6.07, 6.45) is 2.03. The number of hydrazine groups is 1. The molecule has 0 unspecified atom stereocenters. The third-order valence-corrected chi connectivity index (χ3v) is 3.69. The third-order valence-electron chi connectivity index (χ3n) is 3.69. The zero-order valence-corrected chi connectivity index (χ0v) is 12.9. The van der Waals surface area contributed by atoms with Crippen LogP contribution in [-0.2, 0) is 4.79 Å². The molecule has 1 aliphatic rings. The number of carbonyl (C=O) groups is 1. The zero-order chi connectivity index (χ0) is 15.9. The van der Waals surface area contributed by atoms with Crippen LogP contribution >= 0.6 is 0 Å². The summed E-state index contributed by atoms with van der Waals surface area (Å²) in [6, 6.07) is 19.7. The second kappa shape index (κ2) is 7.45. The van der Waals surface area contributed by atoms with E-state index in [1.807, 2.05) is 65.7 Å². The first kappa shape index (κ1) is 15.1. The van der Waals surface area contributed by atoms with E-state index >= 15 is 0 Å². The minimum atomic E-state index is -0.0327. The Kier molecular flexibility index (Phi) is 4.88. The van der Waals surface area contributed by atoms with Crippen LogP contribution in [0.15, 0.2) is 65.8 Å². The van der Waals surface area contributed by atoms with Gasteiger partial charge in [-0.15, -0.1) is 0 Å². The lowest BCUT2D eigenvalue weighted by Crippen LogP contribution is -2.29. The third kappa shape index (κ3) is 4.32. The summed E-state index contributed by atoms with van der Waals surface area (Å²) in [7, 11) is 0. The number of hydrogen-bond acceptors (Lipinski definition) is 4. The predicted molar refractivity (Wildman–Crippen MR) is 93.3 cm³/mol. The molecule has 0 saturated heterocycles. The van der Waals surface area contributed by atoms with Crippen LogP contribution in [-0.4, -0.2) is 18.2 Å². The van der Waals surface area contributed by atoms with E-state index in [9.17, 15) is 4.79 Å². The van der Waals surface area contributed by atoms with Gasteiger partial charge >= 0.3 is 0 Å². The lowest BCUT2D eigenvalue weighted by Gasteiger charge is -2.12. The van der Waals surface area contributed by atoms with Crippen LogP contribution in [0.1, 0.15) is 19.3 Å². The first-order valence-electron chi connectivity index (χ1n) is 7.80. The topological polar surface area (TPSA) is 56.7 Å². The van der Waals surface area contributed by atoms with E-state index in [0.29, 0.717) is 12.8 Å². The van der Waals surface area contributed by atoms with Gasteiger partial charge in [-0.2, -0.15) is 5.10 Å². The molecule has 2 aromatic rings. The van der Waals surface area contributed by atoms with Crippen molar-refractivity contribution in [1.82, 2.24) is 5.43 Å². The summed E-state index contributed by atoms with van der Waals surface area (Å²) in [5, 5.41) is 6.59. The highest BCUT2D eigenvalue weighted by molar-refractivity contribution is 5.91. The van der Waals surface area contributed by atoms with Gasteiger partial charge in [0, 0.05) is 25.1 Å². The predicted octanol–water partition coefficient (Wildman–Crippen LogP) is 3.18. The van der Waals surface area contributed by atoms with Gasteiger partial charge in [-0.3, -0.25) is 20.7 Å². The van der Waals surface area contributed by atoms with E-state index in [1.165, 1.54) is 0 Å². The average Bonchev–Trinajstić information content (AvgIpc) is 3.09. The molecule has 118 valence electrons. The van der Waals surface area contributed by atoms with Gasteiger partial charge in [-0.05, 0) is 30.7 Å². The molecule has 3 rings (SSSR count). The summed E-state index contributed by atoms with van der Waals surface area (Å²) in [6.45, 7) is 0.878. The van der Waals surface area contributed by atoms with Gasteiger partial charge in [0.15, 0.2) is 0 Å². The summed E-state index contributed by atoms with van der Waals surface area (Å²) < 4.78 is 0.